The summed E-state index contributed by atoms with van der Waals surface area (Å²) in [6.07, 6.45) is 0. The van der Waals surface area contributed by atoms with Gasteiger partial charge in [0.2, 0.25) is 0 Å². The highest BCUT2D eigenvalue weighted by molar-refractivity contribution is 7.08. The van der Waals surface area contributed by atoms with E-state index in [4.69, 9.17) is 0 Å². The number of hydrogen-bond donors (Lipinski definition) is 2. The van der Waals surface area contributed by atoms with E-state index in [0.717, 1.165) is 18.7 Å². The van der Waals surface area contributed by atoms with Gasteiger partial charge in [0.05, 0.1) is 0 Å². The minimum absolute atomic E-state index is 0. The van der Waals surface area contributed by atoms with Crippen molar-refractivity contribution >= 4 is 29.7 Å². The zero-order valence-electron chi connectivity index (χ0n) is 8.10. The third kappa shape index (κ3) is 1.89. The van der Waals surface area contributed by atoms with Crippen LogP contribution < -0.4 is 10.6 Å². The molecule has 0 spiro atoms. The molecule has 2 fully saturated rings. The summed E-state index contributed by atoms with van der Waals surface area (Å²) in [6.45, 7) is 2.14. The van der Waals surface area contributed by atoms with Gasteiger partial charge >= 0.3 is 0 Å². The monoisotopic (exact) mass is 244 g/mol. The molecule has 1 saturated carbocycles. The SMILES string of the molecule is Cl.O=C(NC1C2CNCC21)c1ccsc1. The Hall–Kier alpha value is -0.580. The van der Waals surface area contributed by atoms with Crippen LogP contribution in [0.5, 0.6) is 0 Å². The largest absolute Gasteiger partial charge is 0.349 e. The lowest BCUT2D eigenvalue weighted by molar-refractivity contribution is 0.0947. The summed E-state index contributed by atoms with van der Waals surface area (Å²) in [5.74, 6) is 1.47. The van der Waals surface area contributed by atoms with Crippen LogP contribution in [0.4, 0.5) is 0 Å². The van der Waals surface area contributed by atoms with Crippen molar-refractivity contribution < 1.29 is 4.79 Å². The minimum atomic E-state index is 0. The van der Waals surface area contributed by atoms with E-state index < -0.39 is 0 Å². The van der Waals surface area contributed by atoms with Crippen LogP contribution in [-0.4, -0.2) is 25.0 Å². The van der Waals surface area contributed by atoms with E-state index in [1.165, 1.54) is 0 Å². The third-order valence-corrected chi connectivity index (χ3v) is 3.86. The molecule has 1 aliphatic carbocycles. The van der Waals surface area contributed by atoms with Crippen LogP contribution in [0.1, 0.15) is 10.4 Å². The molecule has 0 bridgehead atoms. The topological polar surface area (TPSA) is 41.1 Å². The van der Waals surface area contributed by atoms with Gasteiger partial charge < -0.3 is 10.6 Å². The van der Waals surface area contributed by atoms with Crippen molar-refractivity contribution in [1.29, 1.82) is 0 Å². The van der Waals surface area contributed by atoms with Crippen LogP contribution in [0, 0.1) is 11.8 Å². The molecule has 1 amide bonds. The highest BCUT2D eigenvalue weighted by atomic mass is 35.5. The minimum Gasteiger partial charge on any atom is -0.349 e. The lowest BCUT2D eigenvalue weighted by Gasteiger charge is -2.05. The van der Waals surface area contributed by atoms with Crippen molar-refractivity contribution in [2.75, 3.05) is 13.1 Å². The van der Waals surface area contributed by atoms with Crippen molar-refractivity contribution in [3.8, 4) is 0 Å². The molecule has 5 heteroatoms. The van der Waals surface area contributed by atoms with Crippen molar-refractivity contribution in [1.82, 2.24) is 10.6 Å². The Kier molecular flexibility index (Phi) is 3.00. The maximum atomic E-state index is 11.7. The predicted octanol–water partition coefficient (Wildman–Crippen LogP) is 1.12. The van der Waals surface area contributed by atoms with Gasteiger partial charge in [0, 0.05) is 30.1 Å². The second-order valence-electron chi connectivity index (χ2n) is 4.00. The number of nitrogens with one attached hydrogen (secondary N) is 2. The fourth-order valence-corrected chi connectivity index (χ4v) is 2.90. The number of fused-ring (bicyclic) bond motifs is 1. The zero-order chi connectivity index (χ0) is 9.54. The number of thiophene rings is 1. The Morgan fingerprint density at radius 3 is 2.80 bits per heavy atom. The molecule has 82 valence electrons. The molecule has 3 nitrogen and oxygen atoms in total. The van der Waals surface area contributed by atoms with Gasteiger partial charge in [-0.2, -0.15) is 11.3 Å². The molecule has 1 aromatic heterocycles. The Balaban J connectivity index is 0.000000853. The number of piperidine rings is 1. The van der Waals surface area contributed by atoms with Crippen LogP contribution >= 0.6 is 23.7 Å². The van der Waals surface area contributed by atoms with Gasteiger partial charge in [-0.1, -0.05) is 0 Å². The number of rotatable bonds is 2. The maximum absolute atomic E-state index is 11.7. The Morgan fingerprint density at radius 2 is 2.20 bits per heavy atom. The average Bonchev–Trinajstić information content (AvgIpc) is 2.75. The first kappa shape index (κ1) is 10.9. The predicted molar refractivity (Wildman–Crippen MR) is 62.7 cm³/mol. The Bertz CT molecular complexity index is 344. The summed E-state index contributed by atoms with van der Waals surface area (Å²) < 4.78 is 0. The first-order valence-corrected chi connectivity index (χ1v) is 5.84. The lowest BCUT2D eigenvalue weighted by atomic mass is 10.3. The summed E-state index contributed by atoms with van der Waals surface area (Å²) >= 11 is 1.56. The molecule has 0 radical (unpaired) electrons. The van der Waals surface area contributed by atoms with Gasteiger partial charge in [-0.3, -0.25) is 4.79 Å². The summed E-state index contributed by atoms with van der Waals surface area (Å²) in [5, 5.41) is 10.2. The van der Waals surface area contributed by atoms with Crippen molar-refractivity contribution in [2.45, 2.75) is 6.04 Å². The van der Waals surface area contributed by atoms with Crippen LogP contribution in [0.25, 0.3) is 0 Å². The molecule has 2 heterocycles. The molecule has 0 aromatic carbocycles. The van der Waals surface area contributed by atoms with Crippen LogP contribution in [-0.2, 0) is 0 Å². The molecule has 2 N–H and O–H groups in total. The first-order chi connectivity index (χ1) is 6.86. The molecule has 2 unspecified atom stereocenters. The third-order valence-electron chi connectivity index (χ3n) is 3.17. The van der Waals surface area contributed by atoms with Crippen LogP contribution in [0.2, 0.25) is 0 Å². The van der Waals surface area contributed by atoms with Crippen LogP contribution in [0.15, 0.2) is 16.8 Å². The second-order valence-corrected chi connectivity index (χ2v) is 4.78. The zero-order valence-corrected chi connectivity index (χ0v) is 9.74. The van der Waals surface area contributed by atoms with Gasteiger partial charge in [-0.25, -0.2) is 0 Å². The second kappa shape index (κ2) is 4.12. The summed E-state index contributed by atoms with van der Waals surface area (Å²) in [4.78, 5) is 11.7. The molecule has 2 aliphatic rings. The molecule has 1 saturated heterocycles. The number of carbonyl (C=O) groups is 1. The molecule has 2 atom stereocenters. The van der Waals surface area contributed by atoms with Crippen molar-refractivity contribution in [2.24, 2.45) is 11.8 Å². The van der Waals surface area contributed by atoms with Gasteiger partial charge in [-0.05, 0) is 23.3 Å². The van der Waals surface area contributed by atoms with E-state index in [0.29, 0.717) is 17.9 Å². The average molecular weight is 245 g/mol. The molecule has 3 rings (SSSR count). The van der Waals surface area contributed by atoms with Crippen molar-refractivity contribution in [3.63, 3.8) is 0 Å². The van der Waals surface area contributed by atoms with Gasteiger partial charge in [0.25, 0.3) is 5.91 Å². The standard InChI is InChI=1S/C10H12N2OS.ClH/c13-10(6-1-2-14-5-6)12-9-7-3-11-4-8(7)9;/h1-2,5,7-9,11H,3-4H2,(H,12,13);1H. The fourth-order valence-electron chi connectivity index (χ4n) is 2.26. The Labute approximate surface area is 98.7 Å². The number of hydrogen-bond acceptors (Lipinski definition) is 3. The number of carbonyl (C=O) groups excluding carboxylic acids is 1. The van der Waals surface area contributed by atoms with E-state index in [1.807, 2.05) is 16.8 Å². The maximum Gasteiger partial charge on any atom is 0.252 e. The molecular weight excluding hydrogens is 232 g/mol. The van der Waals surface area contributed by atoms with E-state index in [2.05, 4.69) is 10.6 Å². The van der Waals surface area contributed by atoms with E-state index >= 15 is 0 Å². The lowest BCUT2D eigenvalue weighted by Crippen LogP contribution is -2.32. The summed E-state index contributed by atoms with van der Waals surface area (Å²) in [6, 6.07) is 2.31. The van der Waals surface area contributed by atoms with E-state index in [-0.39, 0.29) is 18.3 Å². The van der Waals surface area contributed by atoms with Gasteiger partial charge in [0.15, 0.2) is 0 Å². The van der Waals surface area contributed by atoms with Crippen LogP contribution in [0.3, 0.4) is 0 Å². The molecule has 15 heavy (non-hydrogen) atoms. The molecule has 1 aromatic rings. The van der Waals surface area contributed by atoms with Crippen molar-refractivity contribution in [3.05, 3.63) is 22.4 Å². The number of halogens is 1. The van der Waals surface area contributed by atoms with E-state index in [9.17, 15) is 4.79 Å². The number of amides is 1. The highest BCUT2D eigenvalue weighted by Gasteiger charge is 2.53. The van der Waals surface area contributed by atoms with Gasteiger partial charge in [-0.15, -0.1) is 12.4 Å². The molecule has 1 aliphatic heterocycles. The molecular formula is C10H13ClN2OS. The highest BCUT2D eigenvalue weighted by Crippen LogP contribution is 2.41. The quantitative estimate of drug-likeness (QED) is 0.819. The summed E-state index contributed by atoms with van der Waals surface area (Å²) in [7, 11) is 0. The normalized spacial score (nSPS) is 31.6. The summed E-state index contributed by atoms with van der Waals surface area (Å²) in [5.41, 5.74) is 0.799. The van der Waals surface area contributed by atoms with E-state index in [1.54, 1.807) is 11.3 Å². The smallest absolute Gasteiger partial charge is 0.252 e. The fraction of sp³-hybridized carbons (Fsp3) is 0.500. The van der Waals surface area contributed by atoms with Gasteiger partial charge in [0.1, 0.15) is 0 Å². The Morgan fingerprint density at radius 1 is 1.47 bits per heavy atom. The first-order valence-electron chi connectivity index (χ1n) is 4.90.